The number of hydrogen-bond acceptors (Lipinski definition) is 7. The number of phenols is 1. The van der Waals surface area contributed by atoms with Crippen LogP contribution in [0.15, 0.2) is 60.7 Å². The number of phenolic OH excluding ortho intramolecular Hbond substituents is 1. The minimum atomic E-state index is -0.795. The summed E-state index contributed by atoms with van der Waals surface area (Å²) < 4.78 is 13.1. The van der Waals surface area contributed by atoms with Gasteiger partial charge in [0.2, 0.25) is 5.91 Å². The molecule has 184 valence electrons. The van der Waals surface area contributed by atoms with Gasteiger partial charge in [0, 0.05) is 13.1 Å². The second kappa shape index (κ2) is 9.23. The Bertz CT molecular complexity index is 1480. The zero-order valence-corrected chi connectivity index (χ0v) is 20.9. The molecular formula is C27H25N3O5S. The fraction of sp³-hybridized carbons (Fsp3) is 0.222. The fourth-order valence-electron chi connectivity index (χ4n) is 4.10. The van der Waals surface area contributed by atoms with Gasteiger partial charge in [0.05, 0.1) is 11.0 Å². The van der Waals surface area contributed by atoms with Crippen molar-refractivity contribution < 1.29 is 24.2 Å². The normalized spacial score (nSPS) is 17.4. The molecule has 36 heavy (non-hydrogen) atoms. The molecule has 1 fully saturated rings. The molecule has 2 amide bonds. The Kier molecular flexibility index (Phi) is 6.09. The number of nitrogens with zero attached hydrogens (tertiary/aromatic N) is 2. The third kappa shape index (κ3) is 4.74. The van der Waals surface area contributed by atoms with Crippen molar-refractivity contribution in [3.63, 3.8) is 0 Å². The van der Waals surface area contributed by atoms with Crippen molar-refractivity contribution in [1.29, 1.82) is 0 Å². The number of imide groups is 1. The Hall–Kier alpha value is -3.98. The number of carbonyl (C=O) groups excluding carboxylic acids is 2. The van der Waals surface area contributed by atoms with Gasteiger partial charge in [0.1, 0.15) is 40.2 Å². The second-order valence-electron chi connectivity index (χ2n) is 8.97. The molecule has 1 aliphatic heterocycles. The van der Waals surface area contributed by atoms with E-state index in [9.17, 15) is 14.7 Å². The monoisotopic (exact) mass is 503 g/mol. The molecule has 0 aliphatic carbocycles. The molecule has 0 unspecified atom stereocenters. The Balaban J connectivity index is 1.25. The van der Waals surface area contributed by atoms with Crippen LogP contribution in [0.2, 0.25) is 0 Å². The van der Waals surface area contributed by atoms with E-state index in [4.69, 9.17) is 9.47 Å². The van der Waals surface area contributed by atoms with E-state index >= 15 is 0 Å². The lowest BCUT2D eigenvalue weighted by Gasteiger charge is -2.18. The summed E-state index contributed by atoms with van der Waals surface area (Å²) in [6.45, 7) is 3.88. The predicted molar refractivity (Wildman–Crippen MR) is 138 cm³/mol. The Morgan fingerprint density at radius 1 is 1.03 bits per heavy atom. The number of amides is 2. The van der Waals surface area contributed by atoms with Gasteiger partial charge >= 0.3 is 0 Å². The lowest BCUT2D eigenvalue weighted by Crippen LogP contribution is -2.35. The maximum absolute atomic E-state index is 12.1. The minimum Gasteiger partial charge on any atom is -0.508 e. The number of nitrogens with one attached hydrogen (secondary N) is 1. The predicted octanol–water partition coefficient (Wildman–Crippen LogP) is 5.24. The van der Waals surface area contributed by atoms with E-state index in [2.05, 4.69) is 10.3 Å². The fourth-order valence-corrected chi connectivity index (χ4v) is 5.03. The van der Waals surface area contributed by atoms with E-state index in [1.165, 1.54) is 0 Å². The summed E-state index contributed by atoms with van der Waals surface area (Å²) in [5.41, 5.74) is 3.43. The molecule has 0 spiro atoms. The Morgan fingerprint density at radius 3 is 2.42 bits per heavy atom. The second-order valence-corrected chi connectivity index (χ2v) is 10.4. The molecule has 1 saturated heterocycles. The van der Waals surface area contributed by atoms with Gasteiger partial charge in [-0.2, -0.15) is 0 Å². The topological polar surface area (TPSA) is 103 Å². The first-order chi connectivity index (χ1) is 17.2. The molecule has 9 heteroatoms. The standard InChI is InChI=1S/C27H25N3O5S/c1-16-12-19(9-11-23(16)31)35-20-8-10-21-22(13-20)30(3)24(28-21)15-34-18-6-4-17(5-7-18)14-27(2)25(32)29-26(33)36-27/h4-13,31H,14-15H2,1-3H3,(H,29,32,33)/t27-/m1/s1. The van der Waals surface area contributed by atoms with E-state index in [0.29, 0.717) is 23.7 Å². The molecule has 2 N–H and O–H groups in total. The van der Waals surface area contributed by atoms with Crippen LogP contribution in [0.1, 0.15) is 23.9 Å². The van der Waals surface area contributed by atoms with Crippen molar-refractivity contribution in [1.82, 2.24) is 14.9 Å². The lowest BCUT2D eigenvalue weighted by atomic mass is 9.99. The van der Waals surface area contributed by atoms with Crippen LogP contribution in [0.5, 0.6) is 23.0 Å². The lowest BCUT2D eigenvalue weighted by molar-refractivity contribution is -0.121. The Morgan fingerprint density at radius 2 is 1.72 bits per heavy atom. The maximum atomic E-state index is 12.1. The van der Waals surface area contributed by atoms with Crippen molar-refractivity contribution in [2.75, 3.05) is 0 Å². The van der Waals surface area contributed by atoms with Crippen LogP contribution in [0.3, 0.4) is 0 Å². The number of aromatic hydroxyl groups is 1. The third-order valence-corrected chi connectivity index (χ3v) is 7.26. The largest absolute Gasteiger partial charge is 0.508 e. The molecule has 1 aliphatic rings. The van der Waals surface area contributed by atoms with Crippen molar-refractivity contribution in [3.8, 4) is 23.0 Å². The molecular weight excluding hydrogens is 478 g/mol. The van der Waals surface area contributed by atoms with Crippen LogP contribution in [0, 0.1) is 6.92 Å². The number of benzene rings is 3. The SMILES string of the molecule is Cc1cc(Oc2ccc3nc(COc4ccc(C[C@@]5(C)SC(=O)NC5=O)cc4)n(C)c3c2)ccc1O. The van der Waals surface area contributed by atoms with Crippen LogP contribution in [0.25, 0.3) is 11.0 Å². The average molecular weight is 504 g/mol. The number of hydrogen-bond donors (Lipinski definition) is 2. The molecule has 0 saturated carbocycles. The number of thioether (sulfide) groups is 1. The van der Waals surface area contributed by atoms with Gasteiger partial charge < -0.3 is 19.1 Å². The van der Waals surface area contributed by atoms with Crippen molar-refractivity contribution >= 4 is 33.9 Å². The van der Waals surface area contributed by atoms with Crippen molar-refractivity contribution in [2.45, 2.75) is 31.6 Å². The molecule has 2 heterocycles. The first-order valence-electron chi connectivity index (χ1n) is 11.4. The van der Waals surface area contributed by atoms with Crippen molar-refractivity contribution in [2.24, 2.45) is 7.05 Å². The van der Waals surface area contributed by atoms with E-state index in [1.54, 1.807) is 25.1 Å². The van der Waals surface area contributed by atoms with Gasteiger partial charge in [-0.25, -0.2) is 4.98 Å². The molecule has 0 radical (unpaired) electrons. The number of aryl methyl sites for hydroxylation is 2. The summed E-state index contributed by atoms with van der Waals surface area (Å²) in [4.78, 5) is 28.3. The molecule has 8 nitrogen and oxygen atoms in total. The molecule has 3 aromatic carbocycles. The summed E-state index contributed by atoms with van der Waals surface area (Å²) in [6.07, 6.45) is 0.453. The van der Waals surface area contributed by atoms with Crippen LogP contribution in [0.4, 0.5) is 4.79 Å². The van der Waals surface area contributed by atoms with Gasteiger partial charge in [-0.3, -0.25) is 14.9 Å². The van der Waals surface area contributed by atoms with Crippen LogP contribution in [-0.2, 0) is 24.9 Å². The zero-order chi connectivity index (χ0) is 25.4. The van der Waals surface area contributed by atoms with E-state index in [-0.39, 0.29) is 23.5 Å². The molecule has 1 aromatic heterocycles. The quantitative estimate of drug-likeness (QED) is 0.355. The van der Waals surface area contributed by atoms with Crippen LogP contribution in [-0.4, -0.2) is 30.6 Å². The van der Waals surface area contributed by atoms with Gasteiger partial charge in [0.15, 0.2) is 0 Å². The number of ether oxygens (including phenoxy) is 2. The number of imidazole rings is 1. The molecule has 5 rings (SSSR count). The summed E-state index contributed by atoms with van der Waals surface area (Å²) in [5.74, 6) is 2.73. The highest BCUT2D eigenvalue weighted by molar-refractivity contribution is 8.16. The molecule has 1 atom stereocenters. The zero-order valence-electron chi connectivity index (χ0n) is 20.1. The van der Waals surface area contributed by atoms with Crippen LogP contribution < -0.4 is 14.8 Å². The highest BCUT2D eigenvalue weighted by atomic mass is 32.2. The summed E-state index contributed by atoms with van der Waals surface area (Å²) in [7, 11) is 1.93. The first kappa shape index (κ1) is 23.7. The number of aromatic nitrogens is 2. The number of carbonyl (C=O) groups is 2. The highest BCUT2D eigenvalue weighted by Crippen LogP contribution is 2.35. The number of rotatable bonds is 7. The molecule has 4 aromatic rings. The third-order valence-electron chi connectivity index (χ3n) is 6.20. The smallest absolute Gasteiger partial charge is 0.286 e. The van der Waals surface area contributed by atoms with Gasteiger partial charge in [0.25, 0.3) is 5.24 Å². The number of fused-ring (bicyclic) bond motifs is 1. The van der Waals surface area contributed by atoms with Gasteiger partial charge in [-0.15, -0.1) is 0 Å². The molecule has 0 bridgehead atoms. The summed E-state index contributed by atoms with van der Waals surface area (Å²) >= 11 is 1.03. The van der Waals surface area contributed by atoms with Crippen LogP contribution >= 0.6 is 11.8 Å². The summed E-state index contributed by atoms with van der Waals surface area (Å²) in [6, 6.07) is 18.3. The van der Waals surface area contributed by atoms with E-state index < -0.39 is 4.75 Å². The summed E-state index contributed by atoms with van der Waals surface area (Å²) in [5, 5.41) is 11.8. The van der Waals surface area contributed by atoms with Gasteiger partial charge in [-0.1, -0.05) is 12.1 Å². The first-order valence-corrected chi connectivity index (χ1v) is 12.2. The highest BCUT2D eigenvalue weighted by Gasteiger charge is 2.43. The minimum absolute atomic E-state index is 0.231. The average Bonchev–Trinajstić information content (AvgIpc) is 3.29. The van der Waals surface area contributed by atoms with E-state index in [0.717, 1.165) is 39.7 Å². The Labute approximate surface area is 212 Å². The van der Waals surface area contributed by atoms with Crippen molar-refractivity contribution in [3.05, 3.63) is 77.6 Å². The van der Waals surface area contributed by atoms with Gasteiger partial charge in [-0.05, 0) is 85.6 Å². The maximum Gasteiger partial charge on any atom is 0.286 e. The van der Waals surface area contributed by atoms with E-state index in [1.807, 2.05) is 61.0 Å².